The zero-order valence-corrected chi connectivity index (χ0v) is 23.5. The van der Waals surface area contributed by atoms with Crippen LogP contribution < -0.4 is 14.2 Å². The van der Waals surface area contributed by atoms with Crippen LogP contribution in [0.5, 0.6) is 11.5 Å². The highest BCUT2D eigenvalue weighted by Gasteiger charge is 2.46. The molecule has 0 unspecified atom stereocenters. The van der Waals surface area contributed by atoms with Crippen LogP contribution in [0.4, 0.5) is 10.5 Å². The Bertz CT molecular complexity index is 1210. The molecule has 1 heterocycles. The number of aliphatic hydroxyl groups excluding tert-OH is 1. The van der Waals surface area contributed by atoms with E-state index < -0.39 is 44.7 Å². The highest BCUT2D eigenvalue weighted by atomic mass is 35.5. The number of fused-ring (bicyclic) bond motifs is 1. The molecule has 0 spiro atoms. The summed E-state index contributed by atoms with van der Waals surface area (Å²) >= 11 is 5.54. The number of amides is 1. The Morgan fingerprint density at radius 3 is 2.43 bits per heavy atom. The maximum atomic E-state index is 13.5. The van der Waals surface area contributed by atoms with Crippen molar-refractivity contribution in [1.29, 1.82) is 0 Å². The molecule has 0 radical (unpaired) electrons. The summed E-state index contributed by atoms with van der Waals surface area (Å²) in [6, 6.07) is 12.7. The van der Waals surface area contributed by atoms with Gasteiger partial charge in [-0.15, -0.1) is 11.6 Å². The summed E-state index contributed by atoms with van der Waals surface area (Å²) in [7, 11) is -2.45. The molecule has 11 heteroatoms. The summed E-state index contributed by atoms with van der Waals surface area (Å²) in [5.41, 5.74) is -0.159. The quantitative estimate of drug-likeness (QED) is 0.455. The van der Waals surface area contributed by atoms with Crippen molar-refractivity contribution >= 4 is 33.4 Å². The van der Waals surface area contributed by atoms with Crippen LogP contribution in [0.3, 0.4) is 0 Å². The summed E-state index contributed by atoms with van der Waals surface area (Å²) in [5, 5.41) is 10.5. The van der Waals surface area contributed by atoms with Crippen LogP contribution in [0.2, 0.25) is 0 Å². The molecule has 2 aromatic rings. The minimum Gasteiger partial charge on any atom is -0.495 e. The first-order chi connectivity index (χ1) is 17.2. The second kappa shape index (κ2) is 11.0. The van der Waals surface area contributed by atoms with E-state index in [0.717, 1.165) is 5.56 Å². The Labute approximate surface area is 223 Å². The van der Waals surface area contributed by atoms with Crippen molar-refractivity contribution in [3.8, 4) is 11.5 Å². The molecule has 1 amide bonds. The van der Waals surface area contributed by atoms with Crippen molar-refractivity contribution in [3.05, 3.63) is 53.6 Å². The Balaban J connectivity index is 1.96. The minimum atomic E-state index is -3.82. The smallest absolute Gasteiger partial charge is 0.410 e. The van der Waals surface area contributed by atoms with Crippen molar-refractivity contribution in [2.45, 2.75) is 64.4 Å². The van der Waals surface area contributed by atoms with E-state index in [1.54, 1.807) is 18.7 Å². The summed E-state index contributed by atoms with van der Waals surface area (Å²) < 4.78 is 43.8. The maximum Gasteiger partial charge on any atom is 0.410 e. The molecule has 0 fully saturated rings. The fourth-order valence-electron chi connectivity index (χ4n) is 4.09. The van der Waals surface area contributed by atoms with Gasteiger partial charge in [0.2, 0.25) is 10.0 Å². The van der Waals surface area contributed by atoms with Gasteiger partial charge in [0.1, 0.15) is 28.4 Å². The third kappa shape index (κ3) is 6.80. The third-order valence-corrected chi connectivity index (χ3v) is 7.82. The zero-order valence-electron chi connectivity index (χ0n) is 21.9. The number of halogens is 1. The van der Waals surface area contributed by atoms with Gasteiger partial charge in [-0.2, -0.15) is 0 Å². The lowest BCUT2D eigenvalue weighted by atomic mass is 9.88. The molecule has 0 bridgehead atoms. The van der Waals surface area contributed by atoms with Gasteiger partial charge in [-0.05, 0) is 52.7 Å². The Kier molecular flexibility index (Phi) is 8.56. The van der Waals surface area contributed by atoms with Crippen molar-refractivity contribution in [2.24, 2.45) is 0 Å². The molecule has 37 heavy (non-hydrogen) atoms. The van der Waals surface area contributed by atoms with E-state index in [9.17, 15) is 18.3 Å². The predicted octanol–water partition coefficient (Wildman–Crippen LogP) is 4.69. The average molecular weight is 555 g/mol. The molecule has 0 aliphatic carbocycles. The van der Waals surface area contributed by atoms with Gasteiger partial charge in [0, 0.05) is 23.7 Å². The maximum absolute atomic E-state index is 13.5. The molecule has 0 saturated carbocycles. The average Bonchev–Trinajstić information content (AvgIpc) is 2.81. The summed E-state index contributed by atoms with van der Waals surface area (Å²) in [4.78, 5) is 15.1. The fourth-order valence-corrected chi connectivity index (χ4v) is 4.81. The number of nitrogens with zero attached hydrogens (tertiary/aromatic N) is 1. The number of hydrogen-bond acceptors (Lipinski definition) is 7. The van der Waals surface area contributed by atoms with E-state index in [1.165, 1.54) is 19.2 Å². The Morgan fingerprint density at radius 2 is 1.86 bits per heavy atom. The number of benzene rings is 2. The highest BCUT2D eigenvalue weighted by molar-refractivity contribution is 7.93. The molecule has 0 aromatic heterocycles. The van der Waals surface area contributed by atoms with Gasteiger partial charge in [-0.25, -0.2) is 13.2 Å². The standard InChI is InChI=1S/C26H35ClN2O7S/c1-25(2,3)29(13-12-17-10-8-7-9-11-17)24(31)35-22-18-14-21(34-6)19(28-37(32,33)16-27)15-20(18)36-26(4,5)23(22)30/h7-11,14-15,22-23,28,30H,12-13,16H2,1-6H3/t22-,23+/m0/s1. The number of sulfonamides is 1. The number of ether oxygens (including phenoxy) is 3. The van der Waals surface area contributed by atoms with Gasteiger partial charge in [-0.3, -0.25) is 4.72 Å². The van der Waals surface area contributed by atoms with Gasteiger partial charge in [0.25, 0.3) is 0 Å². The first-order valence-electron chi connectivity index (χ1n) is 11.9. The SMILES string of the molecule is COc1cc2c(cc1NS(=O)(=O)CCl)OC(C)(C)[C@H](O)[C@H]2OC(=O)N(CCc1ccccc1)C(C)(C)C. The molecular weight excluding hydrogens is 520 g/mol. The van der Waals surface area contributed by atoms with Crippen LogP contribution in [0.25, 0.3) is 0 Å². The van der Waals surface area contributed by atoms with Crippen LogP contribution in [0, 0.1) is 0 Å². The lowest BCUT2D eigenvalue weighted by Gasteiger charge is -2.43. The molecule has 0 saturated heterocycles. The number of nitrogens with one attached hydrogen (secondary N) is 1. The van der Waals surface area contributed by atoms with E-state index in [4.69, 9.17) is 25.8 Å². The largest absolute Gasteiger partial charge is 0.495 e. The van der Waals surface area contributed by atoms with Crippen molar-refractivity contribution < 1.29 is 32.5 Å². The van der Waals surface area contributed by atoms with Crippen molar-refractivity contribution in [2.75, 3.05) is 23.6 Å². The van der Waals surface area contributed by atoms with Crippen LogP contribution in [0.15, 0.2) is 42.5 Å². The molecular formula is C26H35ClN2O7S. The lowest BCUT2D eigenvalue weighted by Crippen LogP contribution is -2.52. The molecule has 3 rings (SSSR count). The van der Waals surface area contributed by atoms with E-state index in [0.29, 0.717) is 18.5 Å². The number of rotatable bonds is 8. The summed E-state index contributed by atoms with van der Waals surface area (Å²) in [6.45, 7) is 9.46. The van der Waals surface area contributed by atoms with Gasteiger partial charge >= 0.3 is 6.09 Å². The van der Waals surface area contributed by atoms with Crippen LogP contribution in [-0.4, -0.2) is 60.6 Å². The second-order valence-electron chi connectivity index (χ2n) is 10.4. The zero-order chi connectivity index (χ0) is 27.6. The summed E-state index contributed by atoms with van der Waals surface area (Å²) in [6.07, 6.45) is -2.28. The third-order valence-electron chi connectivity index (χ3n) is 6.14. The van der Waals surface area contributed by atoms with E-state index in [1.807, 2.05) is 51.1 Å². The van der Waals surface area contributed by atoms with E-state index >= 15 is 0 Å². The van der Waals surface area contributed by atoms with Crippen LogP contribution in [-0.2, 0) is 21.2 Å². The number of hydrogen-bond donors (Lipinski definition) is 2. The number of anilines is 1. The van der Waals surface area contributed by atoms with E-state index in [2.05, 4.69) is 4.72 Å². The second-order valence-corrected chi connectivity index (χ2v) is 12.7. The first kappa shape index (κ1) is 28.9. The molecule has 2 aromatic carbocycles. The number of alkyl halides is 1. The monoisotopic (exact) mass is 554 g/mol. The lowest BCUT2D eigenvalue weighted by molar-refractivity contribution is -0.119. The fraction of sp³-hybridized carbons (Fsp3) is 0.500. The minimum absolute atomic E-state index is 0.110. The normalized spacial score (nSPS) is 18.8. The van der Waals surface area contributed by atoms with Gasteiger partial charge in [0.05, 0.1) is 12.8 Å². The van der Waals surface area contributed by atoms with Crippen molar-refractivity contribution in [3.63, 3.8) is 0 Å². The highest BCUT2D eigenvalue weighted by Crippen LogP contribution is 2.46. The molecule has 2 N–H and O–H groups in total. The predicted molar refractivity (Wildman–Crippen MR) is 143 cm³/mol. The van der Waals surface area contributed by atoms with Crippen LogP contribution >= 0.6 is 11.6 Å². The topological polar surface area (TPSA) is 114 Å². The number of methoxy groups -OCH3 is 1. The van der Waals surface area contributed by atoms with Gasteiger partial charge in [-0.1, -0.05) is 30.3 Å². The molecule has 204 valence electrons. The first-order valence-corrected chi connectivity index (χ1v) is 14.0. The van der Waals surface area contributed by atoms with E-state index in [-0.39, 0.29) is 17.2 Å². The molecule has 2 atom stereocenters. The van der Waals surface area contributed by atoms with Crippen molar-refractivity contribution in [1.82, 2.24) is 4.90 Å². The number of carbonyl (C=O) groups is 1. The molecule has 9 nitrogen and oxygen atoms in total. The van der Waals surface area contributed by atoms with Gasteiger partial charge < -0.3 is 24.2 Å². The molecule has 1 aliphatic rings. The summed E-state index contributed by atoms with van der Waals surface area (Å²) in [5.74, 6) is 0.397. The Morgan fingerprint density at radius 1 is 1.22 bits per heavy atom. The van der Waals surface area contributed by atoms with Gasteiger partial charge in [0.15, 0.2) is 6.10 Å². The Hall–Kier alpha value is -2.69. The molecule has 1 aliphatic heterocycles. The number of aliphatic hydroxyl groups is 1. The number of carbonyl (C=O) groups excluding carboxylic acids is 1. The van der Waals surface area contributed by atoms with Crippen LogP contribution in [0.1, 0.15) is 51.8 Å².